The van der Waals surface area contributed by atoms with E-state index in [9.17, 15) is 19.5 Å². The largest absolute Gasteiger partial charge is 0.480 e. The normalized spacial score (nSPS) is 17.0. The molecule has 0 saturated heterocycles. The van der Waals surface area contributed by atoms with E-state index in [0.29, 0.717) is 12.8 Å². The Kier molecular flexibility index (Phi) is 5.44. The van der Waals surface area contributed by atoms with Crippen molar-refractivity contribution in [3.05, 3.63) is 59.7 Å². The van der Waals surface area contributed by atoms with Gasteiger partial charge in [0.2, 0.25) is 5.91 Å². The van der Waals surface area contributed by atoms with E-state index in [-0.39, 0.29) is 12.5 Å². The molecule has 0 spiro atoms. The van der Waals surface area contributed by atoms with E-state index < -0.39 is 35.0 Å². The lowest BCUT2D eigenvalue weighted by Gasteiger charge is -2.29. The molecule has 168 valence electrons. The number of amides is 2. The van der Waals surface area contributed by atoms with Crippen molar-refractivity contribution in [2.75, 3.05) is 6.61 Å². The van der Waals surface area contributed by atoms with E-state index in [1.807, 2.05) is 36.4 Å². The Morgan fingerprint density at radius 1 is 1.03 bits per heavy atom. The number of ether oxygens (including phenoxy) is 1. The van der Waals surface area contributed by atoms with Gasteiger partial charge >= 0.3 is 12.1 Å². The van der Waals surface area contributed by atoms with Crippen molar-refractivity contribution >= 4 is 18.0 Å². The fourth-order valence-electron chi connectivity index (χ4n) is 4.28. The quantitative estimate of drug-likeness (QED) is 0.641. The topological polar surface area (TPSA) is 105 Å². The molecule has 0 aromatic heterocycles. The average molecular weight is 437 g/mol. The van der Waals surface area contributed by atoms with Gasteiger partial charge in [-0.1, -0.05) is 69.3 Å². The number of fused-ring (bicyclic) bond motifs is 3. The van der Waals surface area contributed by atoms with Gasteiger partial charge in [0.1, 0.15) is 18.2 Å². The maximum atomic E-state index is 12.8. The Labute approximate surface area is 187 Å². The number of carbonyl (C=O) groups excluding carboxylic acids is 2. The molecule has 0 unspecified atom stereocenters. The number of carboxylic acids is 1. The molecule has 4 rings (SSSR count). The summed E-state index contributed by atoms with van der Waals surface area (Å²) >= 11 is 0. The number of benzene rings is 2. The van der Waals surface area contributed by atoms with Gasteiger partial charge in [0.25, 0.3) is 0 Å². The first kappa shape index (κ1) is 21.9. The van der Waals surface area contributed by atoms with E-state index in [0.717, 1.165) is 22.3 Å². The van der Waals surface area contributed by atoms with Crippen molar-refractivity contribution in [3.8, 4) is 11.1 Å². The summed E-state index contributed by atoms with van der Waals surface area (Å²) in [6, 6.07) is 15.1. The molecule has 0 radical (unpaired) electrons. The molecule has 2 aromatic rings. The Morgan fingerprint density at radius 3 is 2.03 bits per heavy atom. The van der Waals surface area contributed by atoms with Gasteiger partial charge in [-0.3, -0.25) is 4.79 Å². The third-order valence-electron chi connectivity index (χ3n) is 6.26. The molecule has 0 bridgehead atoms. The second kappa shape index (κ2) is 7.97. The Morgan fingerprint density at radius 2 is 1.56 bits per heavy atom. The van der Waals surface area contributed by atoms with E-state index in [4.69, 9.17) is 4.74 Å². The summed E-state index contributed by atoms with van der Waals surface area (Å²) in [6.45, 7) is 5.37. The molecule has 2 aromatic carbocycles. The van der Waals surface area contributed by atoms with Gasteiger partial charge in [0, 0.05) is 5.92 Å². The molecular formula is C25H28N2O5. The fourth-order valence-corrected chi connectivity index (χ4v) is 4.28. The summed E-state index contributed by atoms with van der Waals surface area (Å²) in [4.78, 5) is 36.9. The molecule has 1 atom stereocenters. The van der Waals surface area contributed by atoms with Gasteiger partial charge in [-0.05, 0) is 40.5 Å². The zero-order chi connectivity index (χ0) is 23.1. The average Bonchev–Trinajstić information content (AvgIpc) is 3.45. The van der Waals surface area contributed by atoms with Crippen molar-refractivity contribution in [1.82, 2.24) is 10.6 Å². The molecule has 1 fully saturated rings. The first-order valence-corrected chi connectivity index (χ1v) is 10.8. The summed E-state index contributed by atoms with van der Waals surface area (Å²) in [5, 5.41) is 14.7. The standard InChI is InChI=1S/C25H28N2O5/c1-24(2,3)20(21(28)29)26-22(30)25(12-13-25)27-23(31)32-14-19-17-10-6-4-8-15(17)16-9-5-7-11-18(16)19/h4-11,19-20H,12-14H2,1-3H3,(H,26,30)(H,27,31)(H,28,29)/t20-/m0/s1. The molecule has 7 heteroatoms. The van der Waals surface area contributed by atoms with E-state index in [2.05, 4.69) is 22.8 Å². The summed E-state index contributed by atoms with van der Waals surface area (Å²) in [5.41, 5.74) is 2.71. The Hall–Kier alpha value is -3.35. The minimum Gasteiger partial charge on any atom is -0.480 e. The molecule has 0 aliphatic heterocycles. The molecule has 2 aliphatic carbocycles. The highest BCUT2D eigenvalue weighted by molar-refractivity contribution is 5.95. The van der Waals surface area contributed by atoms with Gasteiger partial charge in [0.05, 0.1) is 0 Å². The van der Waals surface area contributed by atoms with Crippen LogP contribution < -0.4 is 10.6 Å². The fraction of sp³-hybridized carbons (Fsp3) is 0.400. The van der Waals surface area contributed by atoms with Crippen LogP contribution in [0.2, 0.25) is 0 Å². The number of carboxylic acid groups (broad SMARTS) is 1. The lowest BCUT2D eigenvalue weighted by atomic mass is 9.86. The van der Waals surface area contributed by atoms with Crippen LogP contribution >= 0.6 is 0 Å². The smallest absolute Gasteiger partial charge is 0.408 e. The highest BCUT2D eigenvalue weighted by atomic mass is 16.5. The Balaban J connectivity index is 1.40. The van der Waals surface area contributed by atoms with Gasteiger partial charge in [-0.25, -0.2) is 9.59 Å². The van der Waals surface area contributed by atoms with Crippen LogP contribution in [0, 0.1) is 5.41 Å². The van der Waals surface area contributed by atoms with Crippen molar-refractivity contribution < 1.29 is 24.2 Å². The van der Waals surface area contributed by atoms with Crippen molar-refractivity contribution in [2.45, 2.75) is 51.1 Å². The highest BCUT2D eigenvalue weighted by Crippen LogP contribution is 2.44. The van der Waals surface area contributed by atoms with Crippen LogP contribution in [0.4, 0.5) is 4.79 Å². The molecule has 0 heterocycles. The van der Waals surface area contributed by atoms with Crippen LogP contribution in [0.25, 0.3) is 11.1 Å². The predicted octanol–water partition coefficient (Wildman–Crippen LogP) is 3.67. The number of alkyl carbamates (subject to hydrolysis) is 1. The van der Waals surface area contributed by atoms with E-state index in [1.54, 1.807) is 20.8 Å². The maximum absolute atomic E-state index is 12.8. The van der Waals surface area contributed by atoms with Crippen LogP contribution in [0.15, 0.2) is 48.5 Å². The van der Waals surface area contributed by atoms with Crippen molar-refractivity contribution in [1.29, 1.82) is 0 Å². The maximum Gasteiger partial charge on any atom is 0.408 e. The first-order chi connectivity index (χ1) is 15.1. The van der Waals surface area contributed by atoms with Crippen LogP contribution in [-0.4, -0.2) is 41.3 Å². The Bertz CT molecular complexity index is 1020. The van der Waals surface area contributed by atoms with Crippen molar-refractivity contribution in [2.24, 2.45) is 5.41 Å². The number of carbonyl (C=O) groups is 3. The number of hydrogen-bond donors (Lipinski definition) is 3. The lowest BCUT2D eigenvalue weighted by Crippen LogP contribution is -2.56. The monoisotopic (exact) mass is 436 g/mol. The number of aliphatic carboxylic acids is 1. The number of nitrogens with one attached hydrogen (secondary N) is 2. The van der Waals surface area contributed by atoms with Gasteiger partial charge in [-0.15, -0.1) is 0 Å². The molecule has 32 heavy (non-hydrogen) atoms. The lowest BCUT2D eigenvalue weighted by molar-refractivity contribution is -0.145. The van der Waals surface area contributed by atoms with Crippen LogP contribution in [0.5, 0.6) is 0 Å². The first-order valence-electron chi connectivity index (χ1n) is 10.8. The minimum absolute atomic E-state index is 0.0746. The van der Waals surface area contributed by atoms with Crippen LogP contribution in [0.1, 0.15) is 50.7 Å². The zero-order valence-corrected chi connectivity index (χ0v) is 18.5. The van der Waals surface area contributed by atoms with Gasteiger partial charge < -0.3 is 20.5 Å². The number of rotatable bonds is 6. The summed E-state index contributed by atoms with van der Waals surface area (Å²) in [7, 11) is 0. The number of hydrogen-bond acceptors (Lipinski definition) is 4. The summed E-state index contributed by atoms with van der Waals surface area (Å²) in [5.74, 6) is -1.68. The molecule has 2 amide bonds. The van der Waals surface area contributed by atoms with E-state index in [1.165, 1.54) is 0 Å². The third kappa shape index (κ3) is 4.07. The highest BCUT2D eigenvalue weighted by Gasteiger charge is 2.53. The van der Waals surface area contributed by atoms with Crippen LogP contribution in [0.3, 0.4) is 0 Å². The van der Waals surface area contributed by atoms with E-state index >= 15 is 0 Å². The second-order valence-corrected chi connectivity index (χ2v) is 9.64. The molecule has 2 aliphatic rings. The summed E-state index contributed by atoms with van der Waals surface area (Å²) < 4.78 is 5.54. The van der Waals surface area contributed by atoms with Gasteiger partial charge in [0.15, 0.2) is 0 Å². The second-order valence-electron chi connectivity index (χ2n) is 9.64. The molecule has 7 nitrogen and oxygen atoms in total. The molecule has 1 saturated carbocycles. The van der Waals surface area contributed by atoms with Crippen molar-refractivity contribution in [3.63, 3.8) is 0 Å². The third-order valence-corrected chi connectivity index (χ3v) is 6.26. The SMILES string of the molecule is CC(C)(C)[C@@H](NC(=O)C1(NC(=O)OCC2c3ccccc3-c3ccccc32)CC1)C(=O)O. The predicted molar refractivity (Wildman–Crippen MR) is 119 cm³/mol. The molecule has 3 N–H and O–H groups in total. The zero-order valence-electron chi connectivity index (χ0n) is 18.5. The minimum atomic E-state index is -1.11. The summed E-state index contributed by atoms with van der Waals surface area (Å²) in [6.07, 6.45) is 0.209. The van der Waals surface area contributed by atoms with Gasteiger partial charge in [-0.2, -0.15) is 0 Å². The molecular weight excluding hydrogens is 408 g/mol. The van der Waals surface area contributed by atoms with Crippen LogP contribution in [-0.2, 0) is 14.3 Å².